The zero-order chi connectivity index (χ0) is 17.3. The quantitative estimate of drug-likeness (QED) is 0.719. The molecule has 1 unspecified atom stereocenters. The van der Waals surface area contributed by atoms with Crippen LogP contribution in [-0.2, 0) is 9.47 Å². The molecule has 0 saturated heterocycles. The molecule has 1 aromatic heterocycles. The van der Waals surface area contributed by atoms with Crippen LogP contribution in [0, 0.1) is 6.92 Å². The predicted octanol–water partition coefficient (Wildman–Crippen LogP) is 3.12. The normalized spacial score (nSPS) is 12.6. The Hall–Kier alpha value is -1.82. The van der Waals surface area contributed by atoms with Gasteiger partial charge in [-0.2, -0.15) is 0 Å². The number of carbonyl (C=O) groups is 1. The summed E-state index contributed by atoms with van der Waals surface area (Å²) in [5, 5.41) is 6.17. The third kappa shape index (κ3) is 9.03. The number of alkyl carbamates (subject to hydrolysis) is 1. The second-order valence-corrected chi connectivity index (χ2v) is 6.56. The van der Waals surface area contributed by atoms with Crippen LogP contribution in [-0.4, -0.2) is 43.0 Å². The van der Waals surface area contributed by atoms with E-state index in [9.17, 15) is 4.79 Å². The maximum absolute atomic E-state index is 11.6. The van der Waals surface area contributed by atoms with Crippen molar-refractivity contribution in [3.63, 3.8) is 0 Å². The van der Waals surface area contributed by atoms with E-state index >= 15 is 0 Å². The fourth-order valence-corrected chi connectivity index (χ4v) is 2.04. The minimum atomic E-state index is -0.470. The number of methoxy groups -OCH3 is 1. The average Bonchev–Trinajstić information content (AvgIpc) is 2.44. The van der Waals surface area contributed by atoms with Crippen LogP contribution in [0.5, 0.6) is 0 Å². The first-order valence-electron chi connectivity index (χ1n) is 7.95. The first-order valence-corrected chi connectivity index (χ1v) is 7.95. The summed E-state index contributed by atoms with van der Waals surface area (Å²) in [6.07, 6.45) is 3.14. The van der Waals surface area contributed by atoms with Crippen molar-refractivity contribution in [3.05, 3.63) is 24.0 Å². The highest BCUT2D eigenvalue weighted by Crippen LogP contribution is 2.11. The standard InChI is InChI=1S/C17H29N3O3/c1-13-8-9-14(11-19-13)20-15(12-22-5)7-6-10-18-16(21)23-17(2,3)4/h8-9,11,15,20H,6-7,10,12H2,1-5H3,(H,18,21). The molecule has 1 amide bonds. The minimum Gasteiger partial charge on any atom is -0.444 e. The van der Waals surface area contributed by atoms with E-state index in [0.717, 1.165) is 24.2 Å². The van der Waals surface area contributed by atoms with Gasteiger partial charge in [-0.05, 0) is 52.7 Å². The number of amides is 1. The van der Waals surface area contributed by atoms with Crippen LogP contribution in [0.1, 0.15) is 39.3 Å². The van der Waals surface area contributed by atoms with Crippen LogP contribution >= 0.6 is 0 Å². The fourth-order valence-electron chi connectivity index (χ4n) is 2.04. The molecule has 2 N–H and O–H groups in total. The summed E-state index contributed by atoms with van der Waals surface area (Å²) in [7, 11) is 1.68. The molecule has 0 spiro atoms. The number of ether oxygens (including phenoxy) is 2. The lowest BCUT2D eigenvalue weighted by Crippen LogP contribution is -2.33. The second kappa shape index (κ2) is 9.35. The monoisotopic (exact) mass is 323 g/mol. The number of nitrogens with zero attached hydrogens (tertiary/aromatic N) is 1. The number of hydrogen-bond donors (Lipinski definition) is 2. The molecular formula is C17H29N3O3. The maximum atomic E-state index is 11.6. The highest BCUT2D eigenvalue weighted by molar-refractivity contribution is 5.67. The van der Waals surface area contributed by atoms with Gasteiger partial charge in [-0.1, -0.05) is 0 Å². The van der Waals surface area contributed by atoms with Crippen molar-refractivity contribution in [2.45, 2.75) is 52.2 Å². The first-order chi connectivity index (χ1) is 10.8. The molecule has 0 fully saturated rings. The molecular weight excluding hydrogens is 294 g/mol. The molecule has 0 aliphatic carbocycles. The summed E-state index contributed by atoms with van der Waals surface area (Å²) < 4.78 is 10.4. The Kier molecular flexibility index (Phi) is 7.81. The molecule has 6 heteroatoms. The van der Waals surface area contributed by atoms with Crippen molar-refractivity contribution in [1.82, 2.24) is 10.3 Å². The lowest BCUT2D eigenvalue weighted by molar-refractivity contribution is 0.0526. The summed E-state index contributed by atoms with van der Waals surface area (Å²) in [6, 6.07) is 4.14. The van der Waals surface area contributed by atoms with E-state index in [1.54, 1.807) is 7.11 Å². The van der Waals surface area contributed by atoms with Crippen LogP contribution in [0.2, 0.25) is 0 Å². The van der Waals surface area contributed by atoms with E-state index in [-0.39, 0.29) is 12.1 Å². The molecule has 130 valence electrons. The average molecular weight is 323 g/mol. The molecule has 0 aliphatic rings. The summed E-state index contributed by atoms with van der Waals surface area (Å²) in [4.78, 5) is 15.8. The van der Waals surface area contributed by atoms with Gasteiger partial charge in [0, 0.05) is 25.4 Å². The van der Waals surface area contributed by atoms with Gasteiger partial charge in [-0.3, -0.25) is 4.98 Å². The van der Waals surface area contributed by atoms with Gasteiger partial charge in [0.05, 0.1) is 18.5 Å². The third-order valence-corrected chi connectivity index (χ3v) is 3.05. The van der Waals surface area contributed by atoms with E-state index in [2.05, 4.69) is 15.6 Å². The first kappa shape index (κ1) is 19.2. The molecule has 23 heavy (non-hydrogen) atoms. The minimum absolute atomic E-state index is 0.171. The molecule has 0 bridgehead atoms. The van der Waals surface area contributed by atoms with Gasteiger partial charge in [-0.15, -0.1) is 0 Å². The third-order valence-electron chi connectivity index (χ3n) is 3.05. The van der Waals surface area contributed by atoms with Crippen molar-refractivity contribution >= 4 is 11.8 Å². The number of pyridine rings is 1. The summed E-state index contributed by atoms with van der Waals surface area (Å²) in [5.74, 6) is 0. The number of rotatable bonds is 8. The zero-order valence-corrected chi connectivity index (χ0v) is 14.8. The number of nitrogens with one attached hydrogen (secondary N) is 2. The van der Waals surface area contributed by atoms with Crippen molar-refractivity contribution in [1.29, 1.82) is 0 Å². The van der Waals surface area contributed by atoms with Gasteiger partial charge >= 0.3 is 6.09 Å². The van der Waals surface area contributed by atoms with Crippen LogP contribution < -0.4 is 10.6 Å². The summed E-state index contributed by atoms with van der Waals surface area (Å²) >= 11 is 0. The Labute approximate surface area is 139 Å². The van der Waals surface area contributed by atoms with E-state index in [1.807, 2.05) is 46.0 Å². The number of anilines is 1. The van der Waals surface area contributed by atoms with Gasteiger partial charge in [-0.25, -0.2) is 4.79 Å². The van der Waals surface area contributed by atoms with E-state index in [4.69, 9.17) is 9.47 Å². The number of aromatic nitrogens is 1. The van der Waals surface area contributed by atoms with Crippen LogP contribution in [0.25, 0.3) is 0 Å². The molecule has 0 aliphatic heterocycles. The van der Waals surface area contributed by atoms with Crippen molar-refractivity contribution in [2.24, 2.45) is 0 Å². The molecule has 1 atom stereocenters. The number of carbonyl (C=O) groups excluding carboxylic acids is 1. The van der Waals surface area contributed by atoms with Gasteiger partial charge in [0.15, 0.2) is 0 Å². The van der Waals surface area contributed by atoms with E-state index in [1.165, 1.54) is 0 Å². The van der Waals surface area contributed by atoms with E-state index in [0.29, 0.717) is 13.2 Å². The van der Waals surface area contributed by atoms with Crippen LogP contribution in [0.3, 0.4) is 0 Å². The Morgan fingerprint density at radius 1 is 1.35 bits per heavy atom. The predicted molar refractivity (Wildman–Crippen MR) is 91.7 cm³/mol. The molecule has 0 radical (unpaired) electrons. The van der Waals surface area contributed by atoms with Crippen molar-refractivity contribution < 1.29 is 14.3 Å². The molecule has 0 saturated carbocycles. The van der Waals surface area contributed by atoms with E-state index < -0.39 is 5.60 Å². The largest absolute Gasteiger partial charge is 0.444 e. The lowest BCUT2D eigenvalue weighted by atomic mass is 10.1. The maximum Gasteiger partial charge on any atom is 0.407 e. The molecule has 6 nitrogen and oxygen atoms in total. The van der Waals surface area contributed by atoms with Crippen LogP contribution in [0.4, 0.5) is 10.5 Å². The fraction of sp³-hybridized carbons (Fsp3) is 0.647. The molecule has 0 aromatic carbocycles. The second-order valence-electron chi connectivity index (χ2n) is 6.56. The van der Waals surface area contributed by atoms with Crippen molar-refractivity contribution in [3.8, 4) is 0 Å². The number of aryl methyl sites for hydroxylation is 1. The number of hydrogen-bond acceptors (Lipinski definition) is 5. The van der Waals surface area contributed by atoms with Gasteiger partial charge in [0.1, 0.15) is 5.60 Å². The van der Waals surface area contributed by atoms with Crippen LogP contribution in [0.15, 0.2) is 18.3 Å². The lowest BCUT2D eigenvalue weighted by Gasteiger charge is -2.21. The molecule has 1 rings (SSSR count). The zero-order valence-electron chi connectivity index (χ0n) is 14.8. The SMILES string of the molecule is COCC(CCCNC(=O)OC(C)(C)C)Nc1ccc(C)nc1. The van der Waals surface area contributed by atoms with Gasteiger partial charge in [0.2, 0.25) is 0 Å². The Balaban J connectivity index is 2.33. The van der Waals surface area contributed by atoms with Gasteiger partial charge in [0.25, 0.3) is 0 Å². The Bertz CT molecular complexity index is 469. The summed E-state index contributed by atoms with van der Waals surface area (Å²) in [5.41, 5.74) is 1.49. The Morgan fingerprint density at radius 2 is 2.09 bits per heavy atom. The summed E-state index contributed by atoms with van der Waals surface area (Å²) in [6.45, 7) is 8.67. The smallest absolute Gasteiger partial charge is 0.407 e. The topological polar surface area (TPSA) is 72.5 Å². The Morgan fingerprint density at radius 3 is 2.65 bits per heavy atom. The highest BCUT2D eigenvalue weighted by atomic mass is 16.6. The molecule has 1 aromatic rings. The van der Waals surface area contributed by atoms with Crippen molar-refractivity contribution in [2.75, 3.05) is 25.6 Å². The highest BCUT2D eigenvalue weighted by Gasteiger charge is 2.15. The van der Waals surface area contributed by atoms with Gasteiger partial charge < -0.3 is 20.1 Å². The molecule has 1 heterocycles.